The summed E-state index contributed by atoms with van der Waals surface area (Å²) < 4.78 is 21.2. The molecule has 0 bridgehead atoms. The number of nitrogens with zero attached hydrogens (tertiary/aromatic N) is 2. The van der Waals surface area contributed by atoms with Crippen LogP contribution in [0.3, 0.4) is 0 Å². The van der Waals surface area contributed by atoms with E-state index in [9.17, 15) is 4.39 Å². The van der Waals surface area contributed by atoms with Crippen LogP contribution in [0.15, 0.2) is 30.6 Å². The predicted octanol–water partition coefficient (Wildman–Crippen LogP) is 2.69. The van der Waals surface area contributed by atoms with Crippen molar-refractivity contribution in [2.24, 2.45) is 0 Å². The van der Waals surface area contributed by atoms with E-state index in [0.29, 0.717) is 12.4 Å². The second-order valence-electron chi connectivity index (χ2n) is 4.71. The molecule has 0 amide bonds. The van der Waals surface area contributed by atoms with Crippen LogP contribution in [-0.2, 0) is 6.54 Å². The Hall–Kier alpha value is -1.88. The molecule has 5 heteroatoms. The van der Waals surface area contributed by atoms with Crippen LogP contribution in [0.2, 0.25) is 0 Å². The van der Waals surface area contributed by atoms with Crippen LogP contribution in [0.5, 0.6) is 5.75 Å². The molecule has 20 heavy (non-hydrogen) atoms. The molecule has 2 aromatic rings. The summed E-state index contributed by atoms with van der Waals surface area (Å²) in [6.07, 6.45) is 3.68. The fraction of sp³-hybridized carbons (Fsp3) is 0.400. The van der Waals surface area contributed by atoms with Crippen LogP contribution >= 0.6 is 0 Å². The van der Waals surface area contributed by atoms with E-state index >= 15 is 0 Å². The third-order valence-corrected chi connectivity index (χ3v) is 3.38. The minimum atomic E-state index is -0.250. The van der Waals surface area contributed by atoms with Gasteiger partial charge in [0.15, 0.2) is 0 Å². The molecule has 2 rings (SSSR count). The number of aryl methyl sites for hydroxylation is 1. The lowest BCUT2D eigenvalue weighted by Gasteiger charge is -2.17. The predicted molar refractivity (Wildman–Crippen MR) is 76.3 cm³/mol. The van der Waals surface area contributed by atoms with Gasteiger partial charge in [-0.05, 0) is 39.1 Å². The lowest BCUT2D eigenvalue weighted by Crippen LogP contribution is -2.15. The number of hydrogen-bond acceptors (Lipinski definition) is 3. The molecule has 0 saturated heterocycles. The highest BCUT2D eigenvalue weighted by atomic mass is 19.1. The lowest BCUT2D eigenvalue weighted by atomic mass is 10.1. The van der Waals surface area contributed by atoms with E-state index in [0.717, 1.165) is 17.9 Å². The molecular formula is C15H20FN3O. The van der Waals surface area contributed by atoms with Crippen LogP contribution in [0.1, 0.15) is 24.4 Å². The highest BCUT2D eigenvalue weighted by Gasteiger charge is 2.11. The van der Waals surface area contributed by atoms with Gasteiger partial charge in [0.25, 0.3) is 0 Å². The van der Waals surface area contributed by atoms with Gasteiger partial charge >= 0.3 is 0 Å². The highest BCUT2D eigenvalue weighted by Crippen LogP contribution is 2.25. The van der Waals surface area contributed by atoms with Gasteiger partial charge in [-0.1, -0.05) is 0 Å². The van der Waals surface area contributed by atoms with Gasteiger partial charge in [-0.15, -0.1) is 0 Å². The van der Waals surface area contributed by atoms with Crippen LogP contribution in [0, 0.1) is 12.7 Å². The molecule has 1 aromatic carbocycles. The summed E-state index contributed by atoms with van der Waals surface area (Å²) in [7, 11) is 1.84. The number of nitrogens with one attached hydrogen (secondary N) is 1. The highest BCUT2D eigenvalue weighted by molar-refractivity contribution is 5.36. The molecule has 1 atom stereocenters. The Morgan fingerprint density at radius 1 is 1.45 bits per heavy atom. The fourth-order valence-electron chi connectivity index (χ4n) is 2.04. The van der Waals surface area contributed by atoms with Gasteiger partial charge in [0.2, 0.25) is 0 Å². The standard InChI is InChI=1S/C15H20FN3O/c1-11(17-3)14-10-13(16)4-5-15(14)20-9-8-19-7-6-18-12(19)2/h4-7,10-11,17H,8-9H2,1-3H3. The van der Waals surface area contributed by atoms with E-state index in [1.54, 1.807) is 12.3 Å². The zero-order valence-electron chi connectivity index (χ0n) is 12.1. The van der Waals surface area contributed by atoms with Crippen LogP contribution in [0.25, 0.3) is 0 Å². The summed E-state index contributed by atoms with van der Waals surface area (Å²) in [4.78, 5) is 4.16. The summed E-state index contributed by atoms with van der Waals surface area (Å²) in [5, 5.41) is 3.10. The number of hydrogen-bond donors (Lipinski definition) is 1. The maximum absolute atomic E-state index is 13.3. The largest absolute Gasteiger partial charge is 0.491 e. The lowest BCUT2D eigenvalue weighted by molar-refractivity contribution is 0.291. The van der Waals surface area contributed by atoms with Crippen molar-refractivity contribution in [3.8, 4) is 5.75 Å². The third kappa shape index (κ3) is 3.36. The van der Waals surface area contributed by atoms with E-state index in [-0.39, 0.29) is 11.9 Å². The maximum Gasteiger partial charge on any atom is 0.124 e. The Bertz CT molecular complexity index is 568. The number of halogens is 1. The van der Waals surface area contributed by atoms with Crippen molar-refractivity contribution in [3.63, 3.8) is 0 Å². The SMILES string of the molecule is CNC(C)c1cc(F)ccc1OCCn1ccnc1C. The Labute approximate surface area is 118 Å². The van der Waals surface area contributed by atoms with Gasteiger partial charge < -0.3 is 14.6 Å². The average Bonchev–Trinajstić information content (AvgIpc) is 2.85. The summed E-state index contributed by atoms with van der Waals surface area (Å²) in [5.74, 6) is 1.42. The number of rotatable bonds is 6. The molecule has 0 spiro atoms. The van der Waals surface area contributed by atoms with E-state index in [2.05, 4.69) is 10.3 Å². The molecule has 1 aromatic heterocycles. The van der Waals surface area contributed by atoms with E-state index in [1.165, 1.54) is 12.1 Å². The summed E-state index contributed by atoms with van der Waals surface area (Å²) in [6.45, 7) is 5.16. The van der Waals surface area contributed by atoms with Crippen molar-refractivity contribution in [3.05, 3.63) is 47.8 Å². The molecule has 0 aliphatic carbocycles. The average molecular weight is 277 g/mol. The van der Waals surface area contributed by atoms with Gasteiger partial charge in [0.05, 0.1) is 6.54 Å². The minimum Gasteiger partial charge on any atom is -0.491 e. The zero-order valence-corrected chi connectivity index (χ0v) is 12.1. The molecule has 4 nitrogen and oxygen atoms in total. The molecule has 1 N–H and O–H groups in total. The van der Waals surface area contributed by atoms with Crippen molar-refractivity contribution in [2.45, 2.75) is 26.4 Å². The van der Waals surface area contributed by atoms with Gasteiger partial charge in [0.1, 0.15) is 24.0 Å². The zero-order chi connectivity index (χ0) is 14.5. The van der Waals surface area contributed by atoms with Crippen LogP contribution < -0.4 is 10.1 Å². The topological polar surface area (TPSA) is 39.1 Å². The summed E-state index contributed by atoms with van der Waals surface area (Å²) in [5.41, 5.74) is 0.829. The smallest absolute Gasteiger partial charge is 0.124 e. The molecule has 108 valence electrons. The first kappa shape index (κ1) is 14.5. The number of ether oxygens (including phenoxy) is 1. The first-order chi connectivity index (χ1) is 9.61. The van der Waals surface area contributed by atoms with E-state index in [4.69, 9.17) is 4.74 Å². The minimum absolute atomic E-state index is 0.0377. The summed E-state index contributed by atoms with van der Waals surface area (Å²) in [6, 6.07) is 4.65. The monoisotopic (exact) mass is 277 g/mol. The Morgan fingerprint density at radius 2 is 2.25 bits per heavy atom. The first-order valence-corrected chi connectivity index (χ1v) is 6.69. The Balaban J connectivity index is 2.04. The van der Waals surface area contributed by atoms with E-state index in [1.807, 2.05) is 31.7 Å². The first-order valence-electron chi connectivity index (χ1n) is 6.69. The summed E-state index contributed by atoms with van der Waals surface area (Å²) >= 11 is 0. The van der Waals surface area contributed by atoms with Gasteiger partial charge in [-0.25, -0.2) is 9.37 Å². The molecule has 1 unspecified atom stereocenters. The fourth-order valence-corrected chi connectivity index (χ4v) is 2.04. The number of imidazole rings is 1. The van der Waals surface area contributed by atoms with Crippen LogP contribution in [0.4, 0.5) is 4.39 Å². The molecule has 0 radical (unpaired) electrons. The van der Waals surface area contributed by atoms with Crippen molar-refractivity contribution in [2.75, 3.05) is 13.7 Å². The molecule has 0 fully saturated rings. The molecule has 0 aliphatic rings. The van der Waals surface area contributed by atoms with Gasteiger partial charge in [-0.2, -0.15) is 0 Å². The quantitative estimate of drug-likeness (QED) is 0.882. The van der Waals surface area contributed by atoms with Crippen molar-refractivity contribution in [1.82, 2.24) is 14.9 Å². The normalized spacial score (nSPS) is 12.4. The van der Waals surface area contributed by atoms with Crippen LogP contribution in [-0.4, -0.2) is 23.2 Å². The number of aromatic nitrogens is 2. The number of benzene rings is 1. The molecular weight excluding hydrogens is 257 g/mol. The molecule has 0 aliphatic heterocycles. The van der Waals surface area contributed by atoms with Crippen molar-refractivity contribution < 1.29 is 9.13 Å². The van der Waals surface area contributed by atoms with Crippen molar-refractivity contribution >= 4 is 0 Å². The Morgan fingerprint density at radius 3 is 2.90 bits per heavy atom. The maximum atomic E-state index is 13.3. The van der Waals surface area contributed by atoms with Crippen molar-refractivity contribution in [1.29, 1.82) is 0 Å². The molecule has 0 saturated carbocycles. The van der Waals surface area contributed by atoms with Gasteiger partial charge in [0, 0.05) is 24.0 Å². The van der Waals surface area contributed by atoms with E-state index < -0.39 is 0 Å². The second-order valence-corrected chi connectivity index (χ2v) is 4.71. The second kappa shape index (κ2) is 6.52. The third-order valence-electron chi connectivity index (χ3n) is 3.38. The van der Waals surface area contributed by atoms with Gasteiger partial charge in [-0.3, -0.25) is 0 Å². The molecule has 1 heterocycles. The Kier molecular flexibility index (Phi) is 4.74.